The summed E-state index contributed by atoms with van der Waals surface area (Å²) >= 11 is 1.69. The normalized spacial score (nSPS) is 10.2. The van der Waals surface area contributed by atoms with E-state index in [4.69, 9.17) is 10.00 Å². The predicted octanol–water partition coefficient (Wildman–Crippen LogP) is 3.18. The number of benzene rings is 1. The van der Waals surface area contributed by atoms with Crippen molar-refractivity contribution in [1.29, 1.82) is 5.26 Å². The minimum absolute atomic E-state index is 0.571. The summed E-state index contributed by atoms with van der Waals surface area (Å²) in [7, 11) is 1.66. The van der Waals surface area contributed by atoms with Crippen LogP contribution in [-0.2, 0) is 0 Å². The van der Waals surface area contributed by atoms with E-state index in [0.29, 0.717) is 6.42 Å². The molecule has 3 nitrogen and oxygen atoms in total. The van der Waals surface area contributed by atoms with E-state index in [9.17, 15) is 0 Å². The molecule has 4 heteroatoms. The van der Waals surface area contributed by atoms with Crippen molar-refractivity contribution in [2.45, 2.75) is 11.3 Å². The zero-order chi connectivity index (χ0) is 11.4. The molecule has 2 rings (SSSR count). The molecule has 0 atom stereocenters. The number of rotatable bonds is 4. The van der Waals surface area contributed by atoms with Crippen LogP contribution in [0.15, 0.2) is 29.3 Å². The quantitative estimate of drug-likeness (QED) is 0.650. The SMILES string of the molecule is COc1ccc2[nH]cc(SCCC#N)c2c1. The molecule has 0 aliphatic carbocycles. The van der Waals surface area contributed by atoms with Gasteiger partial charge in [0.15, 0.2) is 0 Å². The van der Waals surface area contributed by atoms with Gasteiger partial charge in [-0.2, -0.15) is 5.26 Å². The summed E-state index contributed by atoms with van der Waals surface area (Å²) in [6.07, 6.45) is 2.55. The van der Waals surface area contributed by atoms with Gasteiger partial charge in [-0.25, -0.2) is 0 Å². The van der Waals surface area contributed by atoms with Gasteiger partial charge in [-0.05, 0) is 18.2 Å². The van der Waals surface area contributed by atoms with Crippen LogP contribution in [0.4, 0.5) is 0 Å². The molecule has 0 bridgehead atoms. The molecule has 1 aromatic heterocycles. The smallest absolute Gasteiger partial charge is 0.119 e. The molecule has 0 spiro atoms. The fraction of sp³-hybridized carbons (Fsp3) is 0.250. The van der Waals surface area contributed by atoms with Crippen LogP contribution in [0.2, 0.25) is 0 Å². The predicted molar refractivity (Wildman–Crippen MR) is 65.8 cm³/mol. The Hall–Kier alpha value is -1.60. The van der Waals surface area contributed by atoms with Gasteiger partial charge in [0.2, 0.25) is 0 Å². The van der Waals surface area contributed by atoms with Crippen molar-refractivity contribution >= 4 is 22.7 Å². The molecule has 16 heavy (non-hydrogen) atoms. The van der Waals surface area contributed by atoms with Crippen LogP contribution in [0.3, 0.4) is 0 Å². The van der Waals surface area contributed by atoms with Crippen molar-refractivity contribution in [2.24, 2.45) is 0 Å². The molecule has 0 radical (unpaired) electrons. The molecule has 82 valence electrons. The first-order valence-electron chi connectivity index (χ1n) is 5.00. The van der Waals surface area contributed by atoms with Crippen LogP contribution < -0.4 is 4.74 Å². The fourth-order valence-corrected chi connectivity index (χ4v) is 2.41. The number of ether oxygens (including phenoxy) is 1. The molecular formula is C12H12N2OS. The minimum atomic E-state index is 0.571. The van der Waals surface area contributed by atoms with E-state index in [-0.39, 0.29) is 0 Å². The fourth-order valence-electron chi connectivity index (χ4n) is 1.53. The maximum atomic E-state index is 8.50. The minimum Gasteiger partial charge on any atom is -0.497 e. The lowest BCUT2D eigenvalue weighted by atomic mass is 10.2. The van der Waals surface area contributed by atoms with Crippen LogP contribution in [0.5, 0.6) is 5.75 Å². The number of aromatic amines is 1. The van der Waals surface area contributed by atoms with E-state index in [1.54, 1.807) is 18.9 Å². The van der Waals surface area contributed by atoms with Gasteiger partial charge in [0.25, 0.3) is 0 Å². The molecule has 0 amide bonds. The van der Waals surface area contributed by atoms with E-state index in [0.717, 1.165) is 22.4 Å². The molecule has 0 aliphatic rings. The number of H-pyrrole nitrogens is 1. The Morgan fingerprint density at radius 1 is 1.50 bits per heavy atom. The topological polar surface area (TPSA) is 48.8 Å². The highest BCUT2D eigenvalue weighted by Gasteiger charge is 2.05. The molecule has 2 aromatic rings. The summed E-state index contributed by atoms with van der Waals surface area (Å²) in [5.74, 6) is 1.68. The van der Waals surface area contributed by atoms with Crippen LogP contribution in [0.1, 0.15) is 6.42 Å². The Morgan fingerprint density at radius 3 is 3.12 bits per heavy atom. The number of nitrogens with one attached hydrogen (secondary N) is 1. The zero-order valence-electron chi connectivity index (χ0n) is 8.99. The molecule has 1 aromatic carbocycles. The van der Waals surface area contributed by atoms with Crippen molar-refractivity contribution < 1.29 is 4.74 Å². The highest BCUT2D eigenvalue weighted by Crippen LogP contribution is 2.30. The monoisotopic (exact) mass is 232 g/mol. The Bertz CT molecular complexity index is 527. The van der Waals surface area contributed by atoms with Gasteiger partial charge >= 0.3 is 0 Å². The highest BCUT2D eigenvalue weighted by atomic mass is 32.2. The average molecular weight is 232 g/mol. The average Bonchev–Trinajstić information content (AvgIpc) is 2.72. The second-order valence-electron chi connectivity index (χ2n) is 3.32. The van der Waals surface area contributed by atoms with E-state index < -0.39 is 0 Å². The third kappa shape index (κ3) is 2.15. The Balaban J connectivity index is 2.28. The third-order valence-electron chi connectivity index (χ3n) is 2.32. The van der Waals surface area contributed by atoms with Gasteiger partial charge in [-0.15, -0.1) is 11.8 Å². The lowest BCUT2D eigenvalue weighted by Gasteiger charge is -2.00. The van der Waals surface area contributed by atoms with E-state index in [1.165, 1.54) is 4.90 Å². The number of hydrogen-bond acceptors (Lipinski definition) is 3. The molecule has 0 saturated heterocycles. The van der Waals surface area contributed by atoms with E-state index >= 15 is 0 Å². The van der Waals surface area contributed by atoms with Crippen molar-refractivity contribution in [1.82, 2.24) is 4.98 Å². The first kappa shape index (κ1) is 10.9. The number of nitrogens with zero attached hydrogens (tertiary/aromatic N) is 1. The Labute approximate surface area is 98.4 Å². The molecule has 0 aliphatic heterocycles. The van der Waals surface area contributed by atoms with Gasteiger partial charge in [0.1, 0.15) is 5.75 Å². The second-order valence-corrected chi connectivity index (χ2v) is 4.46. The Kier molecular flexibility index (Phi) is 3.37. The standard InChI is InChI=1S/C12H12N2OS/c1-15-9-3-4-11-10(7-9)12(8-14-11)16-6-2-5-13/h3-4,7-8,14H,2,6H2,1H3. The number of nitriles is 1. The maximum absolute atomic E-state index is 8.50. The van der Waals surface area contributed by atoms with Crippen LogP contribution in [0.25, 0.3) is 10.9 Å². The second kappa shape index (κ2) is 4.95. The van der Waals surface area contributed by atoms with Gasteiger partial charge < -0.3 is 9.72 Å². The van der Waals surface area contributed by atoms with Crippen LogP contribution in [0, 0.1) is 11.3 Å². The summed E-state index contributed by atoms with van der Waals surface area (Å²) in [5, 5.41) is 9.65. The molecule has 1 N–H and O–H groups in total. The largest absolute Gasteiger partial charge is 0.497 e. The first-order valence-corrected chi connectivity index (χ1v) is 5.98. The number of thioether (sulfide) groups is 1. The van der Waals surface area contributed by atoms with Crippen LogP contribution in [-0.4, -0.2) is 17.8 Å². The van der Waals surface area contributed by atoms with Gasteiger partial charge in [0.05, 0.1) is 13.2 Å². The molecular weight excluding hydrogens is 220 g/mol. The number of methoxy groups -OCH3 is 1. The molecule has 1 heterocycles. The van der Waals surface area contributed by atoms with Gasteiger partial charge in [0, 0.05) is 34.2 Å². The van der Waals surface area contributed by atoms with E-state index in [2.05, 4.69) is 11.1 Å². The summed E-state index contributed by atoms with van der Waals surface area (Å²) in [5.41, 5.74) is 1.10. The highest BCUT2D eigenvalue weighted by molar-refractivity contribution is 7.99. The first-order chi connectivity index (χ1) is 7.85. The van der Waals surface area contributed by atoms with Crippen LogP contribution >= 0.6 is 11.8 Å². The number of aromatic nitrogens is 1. The zero-order valence-corrected chi connectivity index (χ0v) is 9.80. The van der Waals surface area contributed by atoms with Crippen molar-refractivity contribution in [3.63, 3.8) is 0 Å². The summed E-state index contributed by atoms with van der Waals surface area (Å²) < 4.78 is 5.20. The van der Waals surface area contributed by atoms with Gasteiger partial charge in [-0.3, -0.25) is 0 Å². The summed E-state index contributed by atoms with van der Waals surface area (Å²) in [4.78, 5) is 4.38. The van der Waals surface area contributed by atoms with Crippen molar-refractivity contribution in [3.05, 3.63) is 24.4 Å². The van der Waals surface area contributed by atoms with Crippen molar-refractivity contribution in [3.8, 4) is 11.8 Å². The number of fused-ring (bicyclic) bond motifs is 1. The maximum Gasteiger partial charge on any atom is 0.119 e. The third-order valence-corrected chi connectivity index (χ3v) is 3.38. The van der Waals surface area contributed by atoms with Crippen molar-refractivity contribution in [2.75, 3.05) is 12.9 Å². The number of hydrogen-bond donors (Lipinski definition) is 1. The lowest BCUT2D eigenvalue weighted by molar-refractivity contribution is 0.415. The van der Waals surface area contributed by atoms with Gasteiger partial charge in [-0.1, -0.05) is 0 Å². The van der Waals surface area contributed by atoms with E-state index in [1.807, 2.05) is 24.4 Å². The summed E-state index contributed by atoms with van der Waals surface area (Å²) in [6, 6.07) is 8.10. The summed E-state index contributed by atoms with van der Waals surface area (Å²) in [6.45, 7) is 0. The molecule has 0 saturated carbocycles. The molecule has 0 unspecified atom stereocenters. The Morgan fingerprint density at radius 2 is 2.38 bits per heavy atom. The lowest BCUT2D eigenvalue weighted by Crippen LogP contribution is -1.81. The molecule has 0 fully saturated rings.